The van der Waals surface area contributed by atoms with Crippen LogP contribution in [0.3, 0.4) is 0 Å². The molecule has 0 aliphatic rings. The summed E-state index contributed by atoms with van der Waals surface area (Å²) >= 11 is 0. The van der Waals surface area contributed by atoms with Crippen molar-refractivity contribution in [2.24, 2.45) is 0 Å². The van der Waals surface area contributed by atoms with Crippen LogP contribution in [0.1, 0.15) is 28.4 Å². The lowest BCUT2D eigenvalue weighted by Gasteiger charge is -2.20. The van der Waals surface area contributed by atoms with Gasteiger partial charge in [-0.2, -0.15) is 0 Å². The Kier molecular flexibility index (Phi) is 6.11. The number of methoxy groups -OCH3 is 2. The van der Waals surface area contributed by atoms with E-state index < -0.39 is 5.97 Å². The number of aromatic nitrogens is 1. The summed E-state index contributed by atoms with van der Waals surface area (Å²) in [5.74, 6) is 0.232. The van der Waals surface area contributed by atoms with Crippen LogP contribution in [0.2, 0.25) is 0 Å². The van der Waals surface area contributed by atoms with E-state index in [9.17, 15) is 9.59 Å². The molecule has 1 atom stereocenters. The first kappa shape index (κ1) is 19.2. The first-order valence-corrected chi connectivity index (χ1v) is 8.85. The molecule has 0 aliphatic carbocycles. The van der Waals surface area contributed by atoms with Gasteiger partial charge in [-0.05, 0) is 54.1 Å². The van der Waals surface area contributed by atoms with E-state index in [1.165, 1.54) is 7.11 Å². The van der Waals surface area contributed by atoms with Gasteiger partial charge >= 0.3 is 5.97 Å². The average molecular weight is 378 g/mol. The summed E-state index contributed by atoms with van der Waals surface area (Å²) in [7, 11) is 2.95. The van der Waals surface area contributed by atoms with E-state index in [2.05, 4.69) is 10.1 Å². The Labute approximate surface area is 163 Å². The summed E-state index contributed by atoms with van der Waals surface area (Å²) in [4.78, 5) is 24.2. The summed E-state index contributed by atoms with van der Waals surface area (Å²) in [6, 6.07) is 18.0. The van der Waals surface area contributed by atoms with Crippen molar-refractivity contribution in [2.75, 3.05) is 19.5 Å². The molecule has 0 bridgehead atoms. The van der Waals surface area contributed by atoms with Crippen LogP contribution in [0.4, 0.5) is 5.69 Å². The number of hydrogen-bond acceptors (Lipinski definition) is 4. The van der Waals surface area contributed by atoms with Crippen molar-refractivity contribution in [3.63, 3.8) is 0 Å². The molecule has 0 aliphatic heterocycles. The highest BCUT2D eigenvalue weighted by molar-refractivity contribution is 5.93. The van der Waals surface area contributed by atoms with Gasteiger partial charge in [0.2, 0.25) is 5.91 Å². The van der Waals surface area contributed by atoms with Gasteiger partial charge in [0.25, 0.3) is 0 Å². The number of rotatable bonds is 7. The van der Waals surface area contributed by atoms with Crippen LogP contribution in [-0.4, -0.2) is 30.7 Å². The predicted octanol–water partition coefficient (Wildman–Crippen LogP) is 3.90. The number of hydrogen-bond donors (Lipinski definition) is 1. The van der Waals surface area contributed by atoms with Crippen molar-refractivity contribution in [3.8, 4) is 5.75 Å². The highest BCUT2D eigenvalue weighted by Gasteiger charge is 2.18. The first-order valence-electron chi connectivity index (χ1n) is 8.85. The summed E-state index contributed by atoms with van der Waals surface area (Å²) in [5, 5.41) is 2.88. The fraction of sp³-hybridized carbons (Fsp3) is 0.182. The molecule has 1 aromatic heterocycles. The van der Waals surface area contributed by atoms with Gasteiger partial charge in [0.15, 0.2) is 0 Å². The van der Waals surface area contributed by atoms with E-state index in [4.69, 9.17) is 4.74 Å². The Morgan fingerprint density at radius 3 is 2.18 bits per heavy atom. The second-order valence-electron chi connectivity index (χ2n) is 6.24. The molecule has 2 aromatic carbocycles. The number of esters is 1. The van der Waals surface area contributed by atoms with Crippen molar-refractivity contribution in [2.45, 2.75) is 12.5 Å². The fourth-order valence-corrected chi connectivity index (χ4v) is 2.97. The number of nitrogens with one attached hydrogen (secondary N) is 1. The maximum Gasteiger partial charge on any atom is 0.337 e. The van der Waals surface area contributed by atoms with Crippen molar-refractivity contribution in [1.29, 1.82) is 0 Å². The van der Waals surface area contributed by atoms with Crippen LogP contribution in [0.15, 0.2) is 73.1 Å². The molecule has 3 aromatic rings. The zero-order valence-electron chi connectivity index (χ0n) is 15.8. The van der Waals surface area contributed by atoms with E-state index >= 15 is 0 Å². The Morgan fingerprint density at radius 1 is 0.964 bits per heavy atom. The van der Waals surface area contributed by atoms with Crippen LogP contribution in [0.5, 0.6) is 5.75 Å². The SMILES string of the molecule is COC(=O)c1ccc(NC(=O)CC(c2ccc(OC)cc2)n2cccc2)cc1. The van der Waals surface area contributed by atoms with Gasteiger partial charge in [-0.25, -0.2) is 4.79 Å². The number of benzene rings is 2. The van der Waals surface area contributed by atoms with Crippen LogP contribution in [-0.2, 0) is 9.53 Å². The summed E-state index contributed by atoms with van der Waals surface area (Å²) < 4.78 is 11.9. The van der Waals surface area contributed by atoms with Crippen molar-refractivity contribution < 1.29 is 19.1 Å². The molecule has 0 spiro atoms. The number of nitrogens with zero attached hydrogens (tertiary/aromatic N) is 1. The van der Waals surface area contributed by atoms with Gasteiger partial charge in [0.1, 0.15) is 5.75 Å². The maximum absolute atomic E-state index is 12.6. The second kappa shape index (κ2) is 8.90. The van der Waals surface area contributed by atoms with Crippen molar-refractivity contribution in [1.82, 2.24) is 4.57 Å². The van der Waals surface area contributed by atoms with E-state index in [0.717, 1.165) is 11.3 Å². The summed E-state index contributed by atoms with van der Waals surface area (Å²) in [5.41, 5.74) is 2.07. The molecule has 6 nitrogen and oxygen atoms in total. The zero-order chi connectivity index (χ0) is 19.9. The number of carbonyl (C=O) groups excluding carboxylic acids is 2. The quantitative estimate of drug-likeness (QED) is 0.633. The molecular formula is C22H22N2O4. The molecule has 0 saturated carbocycles. The molecule has 1 N–H and O–H groups in total. The molecule has 1 heterocycles. The predicted molar refractivity (Wildman–Crippen MR) is 107 cm³/mol. The monoisotopic (exact) mass is 378 g/mol. The average Bonchev–Trinajstić information content (AvgIpc) is 3.26. The Morgan fingerprint density at radius 2 is 1.61 bits per heavy atom. The normalized spacial score (nSPS) is 11.5. The fourth-order valence-electron chi connectivity index (χ4n) is 2.97. The Balaban J connectivity index is 1.73. The van der Waals surface area contributed by atoms with E-state index in [0.29, 0.717) is 11.3 Å². The Bertz CT molecular complexity index is 916. The lowest BCUT2D eigenvalue weighted by atomic mass is 10.0. The molecule has 6 heteroatoms. The number of amides is 1. The molecule has 144 valence electrons. The van der Waals surface area contributed by atoms with Gasteiger partial charge < -0.3 is 19.4 Å². The first-order chi connectivity index (χ1) is 13.6. The third-order valence-corrected chi connectivity index (χ3v) is 4.46. The topological polar surface area (TPSA) is 69.6 Å². The minimum Gasteiger partial charge on any atom is -0.497 e. The molecule has 3 rings (SSSR count). The summed E-state index contributed by atoms with van der Waals surface area (Å²) in [6.07, 6.45) is 4.14. The molecule has 28 heavy (non-hydrogen) atoms. The van der Waals surface area contributed by atoms with Gasteiger partial charge in [-0.1, -0.05) is 12.1 Å². The van der Waals surface area contributed by atoms with Crippen LogP contribution in [0, 0.1) is 0 Å². The van der Waals surface area contributed by atoms with E-state index in [1.807, 2.05) is 53.4 Å². The standard InChI is InChI=1S/C22H22N2O4/c1-27-19-11-7-16(8-12-19)20(24-13-3-4-14-24)15-21(25)23-18-9-5-17(6-10-18)22(26)28-2/h3-14,20H,15H2,1-2H3,(H,23,25). The lowest BCUT2D eigenvalue weighted by Crippen LogP contribution is -2.19. The third-order valence-electron chi connectivity index (χ3n) is 4.46. The molecule has 0 saturated heterocycles. The number of carbonyl (C=O) groups is 2. The highest BCUT2D eigenvalue weighted by atomic mass is 16.5. The van der Waals surface area contributed by atoms with Gasteiger partial charge in [-0.3, -0.25) is 4.79 Å². The molecule has 0 fully saturated rings. The second-order valence-corrected chi connectivity index (χ2v) is 6.24. The van der Waals surface area contributed by atoms with Crippen LogP contribution >= 0.6 is 0 Å². The van der Waals surface area contributed by atoms with Gasteiger partial charge in [-0.15, -0.1) is 0 Å². The maximum atomic E-state index is 12.6. The van der Waals surface area contributed by atoms with Crippen molar-refractivity contribution in [3.05, 3.63) is 84.2 Å². The van der Waals surface area contributed by atoms with Crippen LogP contribution in [0.25, 0.3) is 0 Å². The number of anilines is 1. The van der Waals surface area contributed by atoms with E-state index in [1.54, 1.807) is 31.4 Å². The smallest absolute Gasteiger partial charge is 0.337 e. The number of ether oxygens (including phenoxy) is 2. The third kappa shape index (κ3) is 4.59. The largest absolute Gasteiger partial charge is 0.497 e. The lowest BCUT2D eigenvalue weighted by molar-refractivity contribution is -0.116. The molecule has 1 amide bonds. The molecular weight excluding hydrogens is 356 g/mol. The van der Waals surface area contributed by atoms with Gasteiger partial charge in [0.05, 0.1) is 32.2 Å². The van der Waals surface area contributed by atoms with E-state index in [-0.39, 0.29) is 18.4 Å². The minimum absolute atomic E-state index is 0.125. The summed E-state index contributed by atoms with van der Waals surface area (Å²) in [6.45, 7) is 0. The highest BCUT2D eigenvalue weighted by Crippen LogP contribution is 2.25. The van der Waals surface area contributed by atoms with Crippen LogP contribution < -0.4 is 10.1 Å². The van der Waals surface area contributed by atoms with Crippen molar-refractivity contribution >= 4 is 17.6 Å². The zero-order valence-corrected chi connectivity index (χ0v) is 15.8. The Hall–Kier alpha value is -3.54. The molecule has 1 unspecified atom stereocenters. The molecule has 0 radical (unpaired) electrons. The van der Waals surface area contributed by atoms with Gasteiger partial charge in [0, 0.05) is 18.1 Å². The minimum atomic E-state index is -0.412.